The third kappa shape index (κ3) is 7.32. The van der Waals surface area contributed by atoms with Crippen LogP contribution in [0.2, 0.25) is 0 Å². The number of pyridine rings is 1. The highest BCUT2D eigenvalue weighted by molar-refractivity contribution is 5.98. The number of nitrogens with one attached hydrogen (secondary N) is 2. The molecular weight excluding hydrogens is 488 g/mol. The van der Waals surface area contributed by atoms with E-state index in [0.29, 0.717) is 36.3 Å². The maximum atomic E-state index is 13.8. The van der Waals surface area contributed by atoms with Crippen LogP contribution in [-0.4, -0.2) is 61.7 Å². The molecule has 39 heavy (non-hydrogen) atoms. The van der Waals surface area contributed by atoms with Crippen LogP contribution in [0, 0.1) is 0 Å². The van der Waals surface area contributed by atoms with E-state index in [2.05, 4.69) is 58.9 Å². The lowest BCUT2D eigenvalue weighted by atomic mass is 9.90. The standard InChI is InChI=1S/C31H42N6O2/c1-22(2)36(23(3)4)20-6-5-16-35-30(38)25-12-14-26(15-13-25)31(39)37(21-28-32-18-19-33-28)27-11-7-9-24-10-8-17-34-29(24)27/h8,10,12-15,17-19,22-23,27H,5-7,9,11,16,20-21H2,1-4H3,(H,32,33)(H,35,38). The molecule has 2 aromatic heterocycles. The van der Waals surface area contributed by atoms with Crippen LogP contribution in [0.1, 0.15) is 97.2 Å². The number of H-pyrrole nitrogens is 1. The van der Waals surface area contributed by atoms with Crippen LogP contribution in [-0.2, 0) is 13.0 Å². The number of unbranched alkanes of at least 4 members (excludes halogenated alkanes) is 1. The molecule has 8 nitrogen and oxygen atoms in total. The molecule has 1 atom stereocenters. The van der Waals surface area contributed by atoms with Gasteiger partial charge in [-0.3, -0.25) is 19.5 Å². The average molecular weight is 531 g/mol. The first-order chi connectivity index (χ1) is 18.8. The minimum Gasteiger partial charge on any atom is -0.352 e. The molecular formula is C31H42N6O2. The Balaban J connectivity index is 1.39. The van der Waals surface area contributed by atoms with Gasteiger partial charge in [0, 0.05) is 48.3 Å². The van der Waals surface area contributed by atoms with E-state index in [1.54, 1.807) is 42.9 Å². The van der Waals surface area contributed by atoms with E-state index in [4.69, 9.17) is 0 Å². The average Bonchev–Trinajstić information content (AvgIpc) is 3.46. The Morgan fingerprint density at radius 2 is 1.74 bits per heavy atom. The van der Waals surface area contributed by atoms with E-state index in [1.165, 1.54) is 5.56 Å². The van der Waals surface area contributed by atoms with Crippen molar-refractivity contribution in [3.63, 3.8) is 0 Å². The molecule has 0 fully saturated rings. The highest BCUT2D eigenvalue weighted by Crippen LogP contribution is 2.34. The Hall–Kier alpha value is -3.52. The van der Waals surface area contributed by atoms with Crippen molar-refractivity contribution in [3.05, 3.63) is 83.2 Å². The molecule has 1 unspecified atom stereocenters. The lowest BCUT2D eigenvalue weighted by molar-refractivity contribution is 0.0626. The molecule has 2 heterocycles. The van der Waals surface area contributed by atoms with Crippen molar-refractivity contribution < 1.29 is 9.59 Å². The largest absolute Gasteiger partial charge is 0.352 e. The number of benzene rings is 1. The van der Waals surface area contributed by atoms with Crippen molar-refractivity contribution in [1.82, 2.24) is 30.1 Å². The summed E-state index contributed by atoms with van der Waals surface area (Å²) >= 11 is 0. The van der Waals surface area contributed by atoms with Gasteiger partial charge >= 0.3 is 0 Å². The lowest BCUT2D eigenvalue weighted by Gasteiger charge is -2.34. The third-order valence-corrected chi connectivity index (χ3v) is 7.53. The van der Waals surface area contributed by atoms with Crippen LogP contribution in [0.3, 0.4) is 0 Å². The Morgan fingerprint density at radius 1 is 1.00 bits per heavy atom. The van der Waals surface area contributed by atoms with E-state index in [1.807, 2.05) is 11.0 Å². The summed E-state index contributed by atoms with van der Waals surface area (Å²) in [6, 6.07) is 11.9. The minimum atomic E-state index is -0.127. The van der Waals surface area contributed by atoms with Crippen LogP contribution in [0.4, 0.5) is 0 Å². The predicted octanol–water partition coefficient (Wildman–Crippen LogP) is 5.15. The highest BCUT2D eigenvalue weighted by Gasteiger charge is 2.31. The quantitative estimate of drug-likeness (QED) is 0.316. The first kappa shape index (κ1) is 28.5. The van der Waals surface area contributed by atoms with Crippen LogP contribution in [0.25, 0.3) is 0 Å². The SMILES string of the molecule is CC(C)N(CCCCNC(=O)c1ccc(C(=O)N(Cc2ncc[nH]2)C2CCCc3cccnc32)cc1)C(C)C. The Labute approximate surface area is 232 Å². The highest BCUT2D eigenvalue weighted by atomic mass is 16.2. The molecule has 2 amide bonds. The zero-order valence-electron chi connectivity index (χ0n) is 23.7. The van der Waals surface area contributed by atoms with Crippen molar-refractivity contribution >= 4 is 11.8 Å². The van der Waals surface area contributed by atoms with Crippen LogP contribution in [0.5, 0.6) is 0 Å². The number of hydrogen-bond donors (Lipinski definition) is 2. The molecule has 0 saturated heterocycles. The summed E-state index contributed by atoms with van der Waals surface area (Å²) in [4.78, 5) is 43.0. The molecule has 2 N–H and O–H groups in total. The maximum absolute atomic E-state index is 13.8. The number of nitrogens with zero attached hydrogens (tertiary/aromatic N) is 4. The molecule has 0 bridgehead atoms. The summed E-state index contributed by atoms with van der Waals surface area (Å²) in [5.74, 6) is 0.519. The summed E-state index contributed by atoms with van der Waals surface area (Å²) in [6.07, 6.45) is 10.0. The summed E-state index contributed by atoms with van der Waals surface area (Å²) in [7, 11) is 0. The normalized spacial score (nSPS) is 15.0. The smallest absolute Gasteiger partial charge is 0.254 e. The van der Waals surface area contributed by atoms with E-state index < -0.39 is 0 Å². The number of fused-ring (bicyclic) bond motifs is 1. The summed E-state index contributed by atoms with van der Waals surface area (Å²) in [5, 5.41) is 3.02. The zero-order valence-corrected chi connectivity index (χ0v) is 23.7. The van der Waals surface area contributed by atoms with Crippen molar-refractivity contribution in [2.45, 2.75) is 84.5 Å². The van der Waals surface area contributed by atoms with Gasteiger partial charge in [-0.15, -0.1) is 0 Å². The Kier molecular flexibility index (Phi) is 9.87. The summed E-state index contributed by atoms with van der Waals surface area (Å²) in [6.45, 7) is 10.9. The van der Waals surface area contributed by atoms with Gasteiger partial charge in [-0.2, -0.15) is 0 Å². The van der Waals surface area contributed by atoms with Gasteiger partial charge in [-0.1, -0.05) is 6.07 Å². The molecule has 0 saturated carbocycles. The van der Waals surface area contributed by atoms with Crippen molar-refractivity contribution in [3.8, 4) is 0 Å². The fraction of sp³-hybridized carbons (Fsp3) is 0.484. The third-order valence-electron chi connectivity index (χ3n) is 7.53. The number of aromatic nitrogens is 3. The second-order valence-electron chi connectivity index (χ2n) is 10.9. The Bertz CT molecular complexity index is 1200. The van der Waals surface area contributed by atoms with E-state index in [9.17, 15) is 9.59 Å². The molecule has 1 aromatic carbocycles. The van der Waals surface area contributed by atoms with Crippen LogP contribution in [0.15, 0.2) is 55.0 Å². The van der Waals surface area contributed by atoms with Crippen molar-refractivity contribution in [2.75, 3.05) is 13.1 Å². The second-order valence-corrected chi connectivity index (χ2v) is 10.9. The topological polar surface area (TPSA) is 94.2 Å². The Morgan fingerprint density at radius 3 is 2.44 bits per heavy atom. The number of hydrogen-bond acceptors (Lipinski definition) is 5. The van der Waals surface area contributed by atoms with Gasteiger partial charge in [0.25, 0.3) is 11.8 Å². The first-order valence-corrected chi connectivity index (χ1v) is 14.2. The molecule has 0 aliphatic heterocycles. The van der Waals surface area contributed by atoms with Crippen LogP contribution < -0.4 is 5.32 Å². The number of carbonyl (C=O) groups is 2. The zero-order chi connectivity index (χ0) is 27.8. The molecule has 1 aliphatic rings. The summed E-state index contributed by atoms with van der Waals surface area (Å²) in [5.41, 5.74) is 3.26. The molecule has 208 valence electrons. The van der Waals surface area contributed by atoms with Gasteiger partial charge in [0.15, 0.2) is 0 Å². The van der Waals surface area contributed by atoms with Crippen molar-refractivity contribution in [1.29, 1.82) is 0 Å². The van der Waals surface area contributed by atoms with E-state index in [0.717, 1.165) is 50.2 Å². The van der Waals surface area contributed by atoms with Gasteiger partial charge in [0.1, 0.15) is 5.82 Å². The van der Waals surface area contributed by atoms with Gasteiger partial charge in [0.05, 0.1) is 18.3 Å². The molecule has 3 aromatic rings. The van der Waals surface area contributed by atoms with Gasteiger partial charge < -0.3 is 15.2 Å². The van der Waals surface area contributed by atoms with E-state index in [-0.39, 0.29) is 17.9 Å². The minimum absolute atomic E-state index is 0.0956. The molecule has 0 radical (unpaired) electrons. The molecule has 0 spiro atoms. The second kappa shape index (κ2) is 13.5. The molecule has 8 heteroatoms. The lowest BCUT2D eigenvalue weighted by Crippen LogP contribution is -2.38. The van der Waals surface area contributed by atoms with Gasteiger partial charge in [-0.05, 0) is 102 Å². The number of aromatic amines is 1. The number of rotatable bonds is 12. The molecule has 1 aliphatic carbocycles. The van der Waals surface area contributed by atoms with E-state index >= 15 is 0 Å². The number of carbonyl (C=O) groups excluding carboxylic acids is 2. The van der Waals surface area contributed by atoms with Gasteiger partial charge in [0.2, 0.25) is 0 Å². The maximum Gasteiger partial charge on any atom is 0.254 e. The number of imidazole rings is 1. The fourth-order valence-corrected chi connectivity index (χ4v) is 5.52. The molecule has 4 rings (SSSR count). The summed E-state index contributed by atoms with van der Waals surface area (Å²) < 4.78 is 0. The van der Waals surface area contributed by atoms with Crippen molar-refractivity contribution in [2.24, 2.45) is 0 Å². The first-order valence-electron chi connectivity index (χ1n) is 14.2. The monoisotopic (exact) mass is 530 g/mol. The fourth-order valence-electron chi connectivity index (χ4n) is 5.52. The van der Waals surface area contributed by atoms with Gasteiger partial charge in [-0.25, -0.2) is 4.98 Å². The number of amides is 2. The predicted molar refractivity (Wildman–Crippen MR) is 153 cm³/mol. The van der Waals surface area contributed by atoms with Crippen LogP contribution >= 0.6 is 0 Å². The number of aryl methyl sites for hydroxylation is 1.